The van der Waals surface area contributed by atoms with Crippen molar-refractivity contribution in [1.29, 1.82) is 0 Å². The molecule has 0 amide bonds. The summed E-state index contributed by atoms with van der Waals surface area (Å²) in [6.45, 7) is 5.07. The molecule has 4 aromatic rings. The van der Waals surface area contributed by atoms with E-state index in [9.17, 15) is 4.79 Å². The van der Waals surface area contributed by atoms with Gasteiger partial charge in [-0.15, -0.1) is 0 Å². The second kappa shape index (κ2) is 15.1. The Hall–Kier alpha value is -3.86. The van der Waals surface area contributed by atoms with Crippen molar-refractivity contribution < 1.29 is 33.2 Å². The summed E-state index contributed by atoms with van der Waals surface area (Å²) in [5.74, 6) is 2.56. The molecule has 0 saturated heterocycles. The fourth-order valence-electron chi connectivity index (χ4n) is 8.20. The predicted octanol–water partition coefficient (Wildman–Crippen LogP) is 9.99. The number of hydrogen-bond donors (Lipinski definition) is 0. The molecule has 3 atom stereocenters. The van der Waals surface area contributed by atoms with Gasteiger partial charge in [-0.05, 0) is 91.9 Å². The summed E-state index contributed by atoms with van der Waals surface area (Å²) in [6.07, 6.45) is 2.63. The minimum atomic E-state index is -0.557. The van der Waals surface area contributed by atoms with Crippen molar-refractivity contribution in [1.82, 2.24) is 9.80 Å². The Labute approximate surface area is 325 Å². The predicted molar refractivity (Wildman–Crippen MR) is 207 cm³/mol. The highest BCUT2D eigenvalue weighted by Crippen LogP contribution is 2.56. The lowest BCUT2D eigenvalue weighted by Gasteiger charge is -2.40. The molecule has 12 heteroatoms. The van der Waals surface area contributed by atoms with Gasteiger partial charge >= 0.3 is 5.97 Å². The van der Waals surface area contributed by atoms with E-state index in [1.807, 2.05) is 19.2 Å². The van der Waals surface area contributed by atoms with Crippen LogP contribution < -0.4 is 28.4 Å². The van der Waals surface area contributed by atoms with Crippen LogP contribution in [0.2, 0.25) is 15.1 Å². The summed E-state index contributed by atoms with van der Waals surface area (Å²) in [5, 5.41) is 1.07. The number of fused-ring (bicyclic) bond motifs is 2. The average Bonchev–Trinajstić information content (AvgIpc) is 3.14. The fourth-order valence-corrected chi connectivity index (χ4v) is 9.19. The highest BCUT2D eigenvalue weighted by Gasteiger charge is 2.39. The highest BCUT2D eigenvalue weighted by atomic mass is 35.5. The molecule has 9 nitrogen and oxygen atoms in total. The molecule has 0 saturated carbocycles. The third kappa shape index (κ3) is 6.65. The number of carbonyl (C=O) groups is 1. The maximum atomic E-state index is 12.8. The Morgan fingerprint density at radius 1 is 0.830 bits per heavy atom. The van der Waals surface area contributed by atoms with Gasteiger partial charge in [0.15, 0.2) is 34.5 Å². The van der Waals surface area contributed by atoms with Crippen molar-refractivity contribution in [2.24, 2.45) is 0 Å². The largest absolute Gasteiger partial charge is 0.493 e. The smallest absolute Gasteiger partial charge is 0.308 e. The first-order valence-electron chi connectivity index (χ1n) is 17.7. The molecule has 0 aliphatic carbocycles. The van der Waals surface area contributed by atoms with Crippen LogP contribution in [0.15, 0.2) is 42.5 Å². The lowest BCUT2D eigenvalue weighted by atomic mass is 9.80. The molecule has 4 aromatic carbocycles. The highest BCUT2D eigenvalue weighted by molar-refractivity contribution is 6.37. The fraction of sp³-hybridized carbons (Fsp3) is 0.390. The van der Waals surface area contributed by atoms with Crippen LogP contribution in [-0.4, -0.2) is 64.3 Å². The molecule has 0 N–H and O–H groups in total. The van der Waals surface area contributed by atoms with Gasteiger partial charge in [0, 0.05) is 54.7 Å². The molecule has 53 heavy (non-hydrogen) atoms. The zero-order chi connectivity index (χ0) is 37.7. The van der Waals surface area contributed by atoms with Gasteiger partial charge in [-0.2, -0.15) is 0 Å². The van der Waals surface area contributed by atoms with Gasteiger partial charge < -0.3 is 28.4 Å². The van der Waals surface area contributed by atoms with Crippen LogP contribution in [0, 0.1) is 0 Å². The van der Waals surface area contributed by atoms with Crippen molar-refractivity contribution in [3.05, 3.63) is 90.9 Å². The molecule has 280 valence electrons. The van der Waals surface area contributed by atoms with E-state index in [0.717, 1.165) is 36.1 Å². The summed E-state index contributed by atoms with van der Waals surface area (Å²) < 4.78 is 37.1. The second-order valence-corrected chi connectivity index (χ2v) is 15.0. The number of esters is 1. The minimum Gasteiger partial charge on any atom is -0.493 e. The molecule has 4 aliphatic heterocycles. The van der Waals surface area contributed by atoms with Gasteiger partial charge in [0.25, 0.3) is 0 Å². The van der Waals surface area contributed by atoms with E-state index in [2.05, 4.69) is 48.0 Å². The summed E-state index contributed by atoms with van der Waals surface area (Å²) >= 11 is 21.4. The standard InChI is InChI=1S/C41H43Cl3N2O7/c1-8-25-22-9-11-24(12-10-22)52-38-33(49-6)20-29(42)28(36(38)44)18-30-34-26(14-16-45(30)3)35(43)40(50-7)41(51-21(2)47)39(34)53-32-19-27-23(17-31(32)48-5)13-15-46(4)37(25)27/h9-12,17,19-20,25,30,37H,8,13-16,18H2,1-7H3/t25?,30-,37-/m0/s1. The number of likely N-dealkylation sites (N-methyl/N-ethyl adjacent to an activating group) is 2. The van der Waals surface area contributed by atoms with E-state index < -0.39 is 12.0 Å². The monoisotopic (exact) mass is 780 g/mol. The normalized spacial score (nSPS) is 19.6. The molecule has 0 aromatic heterocycles. The lowest BCUT2D eigenvalue weighted by Crippen LogP contribution is -2.36. The topological polar surface area (TPSA) is 78.9 Å². The SMILES string of the molecule is CCC1c2ccc(cc2)Oc2c(OC)cc(Cl)c(c2Cl)C[C@H]2c3c(c(Cl)c(OC)c(OC(C)=O)c3Oc3cc4c(cc3OC)CCN(C)[C@H]41)CCN2C. The Balaban J connectivity index is 1.56. The molecule has 6 bridgehead atoms. The summed E-state index contributed by atoms with van der Waals surface area (Å²) in [4.78, 5) is 17.3. The molecule has 1 unspecified atom stereocenters. The third-order valence-corrected chi connectivity index (χ3v) is 12.0. The number of nitrogens with zero attached hydrogens (tertiary/aromatic N) is 2. The number of methoxy groups -OCH3 is 3. The van der Waals surface area contributed by atoms with Crippen LogP contribution in [0.1, 0.15) is 71.7 Å². The maximum absolute atomic E-state index is 12.8. The molecule has 0 fully saturated rings. The van der Waals surface area contributed by atoms with Gasteiger partial charge in [-0.1, -0.05) is 53.9 Å². The summed E-state index contributed by atoms with van der Waals surface area (Å²) in [7, 11) is 8.86. The Bertz CT molecular complexity index is 2070. The van der Waals surface area contributed by atoms with Crippen LogP contribution in [0.25, 0.3) is 0 Å². The zero-order valence-corrected chi connectivity index (χ0v) is 33.2. The molecule has 4 heterocycles. The molecule has 0 radical (unpaired) electrons. The molecule has 0 spiro atoms. The van der Waals surface area contributed by atoms with Crippen molar-refractivity contribution >= 4 is 40.8 Å². The van der Waals surface area contributed by atoms with Crippen molar-refractivity contribution in [3.8, 4) is 46.0 Å². The van der Waals surface area contributed by atoms with E-state index in [1.54, 1.807) is 20.3 Å². The van der Waals surface area contributed by atoms with E-state index in [4.69, 9.17) is 63.2 Å². The number of ether oxygens (including phenoxy) is 6. The average molecular weight is 782 g/mol. The van der Waals surface area contributed by atoms with Crippen molar-refractivity contribution in [2.75, 3.05) is 48.5 Å². The number of benzene rings is 4. The van der Waals surface area contributed by atoms with E-state index in [1.165, 1.54) is 25.2 Å². The Kier molecular flexibility index (Phi) is 10.7. The second-order valence-electron chi connectivity index (χ2n) is 13.8. The molecule has 4 aliphatic rings. The lowest BCUT2D eigenvalue weighted by molar-refractivity contribution is -0.132. The van der Waals surface area contributed by atoms with Crippen LogP contribution in [0.5, 0.6) is 46.0 Å². The summed E-state index contributed by atoms with van der Waals surface area (Å²) in [6, 6.07) is 13.7. The van der Waals surface area contributed by atoms with Gasteiger partial charge in [0.05, 0.1) is 31.4 Å². The first kappa shape index (κ1) is 37.5. The van der Waals surface area contributed by atoms with Crippen molar-refractivity contribution in [3.63, 3.8) is 0 Å². The molecular formula is C41H43Cl3N2O7. The van der Waals surface area contributed by atoms with E-state index in [0.29, 0.717) is 74.5 Å². The first-order chi connectivity index (χ1) is 25.5. The van der Waals surface area contributed by atoms with Crippen LogP contribution in [0.4, 0.5) is 0 Å². The van der Waals surface area contributed by atoms with E-state index >= 15 is 0 Å². The molecular weight excluding hydrogens is 739 g/mol. The van der Waals surface area contributed by atoms with Crippen LogP contribution in [-0.2, 0) is 24.1 Å². The van der Waals surface area contributed by atoms with Crippen molar-refractivity contribution in [2.45, 2.75) is 57.5 Å². The zero-order valence-electron chi connectivity index (χ0n) is 30.9. The quantitative estimate of drug-likeness (QED) is 0.145. The van der Waals surface area contributed by atoms with Gasteiger partial charge in [0.2, 0.25) is 5.75 Å². The number of halogens is 3. The van der Waals surface area contributed by atoms with Crippen LogP contribution in [0.3, 0.4) is 0 Å². The van der Waals surface area contributed by atoms with E-state index in [-0.39, 0.29) is 23.5 Å². The van der Waals surface area contributed by atoms with Gasteiger partial charge in [-0.3, -0.25) is 14.6 Å². The minimum absolute atomic E-state index is 0.0245. The van der Waals surface area contributed by atoms with Gasteiger partial charge in [-0.25, -0.2) is 0 Å². The Morgan fingerprint density at radius 3 is 2.21 bits per heavy atom. The van der Waals surface area contributed by atoms with Gasteiger partial charge in [0.1, 0.15) is 5.75 Å². The maximum Gasteiger partial charge on any atom is 0.308 e. The molecule has 8 rings (SSSR count). The Morgan fingerprint density at radius 2 is 1.55 bits per heavy atom. The number of rotatable bonds is 5. The van der Waals surface area contributed by atoms with Crippen LogP contribution >= 0.6 is 34.8 Å². The third-order valence-electron chi connectivity index (χ3n) is 10.8. The first-order valence-corrected chi connectivity index (χ1v) is 18.8. The summed E-state index contributed by atoms with van der Waals surface area (Å²) in [5.41, 5.74) is 5.67. The number of carbonyl (C=O) groups excluding carboxylic acids is 1. The number of hydrogen-bond acceptors (Lipinski definition) is 9.